The van der Waals surface area contributed by atoms with Crippen molar-refractivity contribution in [3.63, 3.8) is 0 Å². The molecule has 0 bridgehead atoms. The molecule has 14 heavy (non-hydrogen) atoms. The van der Waals surface area contributed by atoms with Crippen molar-refractivity contribution in [3.05, 3.63) is 22.9 Å². The molecule has 0 aliphatic carbocycles. The average molecular weight is 212 g/mol. The minimum Gasteiger partial charge on any atom is -0.303 e. The molecule has 0 spiro atoms. The minimum atomic E-state index is 0.646. The molecule has 1 nitrogen and oxygen atoms in total. The summed E-state index contributed by atoms with van der Waals surface area (Å²) in [6.45, 7) is 4.30. The molecule has 0 aromatic carbocycles. The molecule has 1 aromatic heterocycles. The van der Waals surface area contributed by atoms with Gasteiger partial charge in [-0.1, -0.05) is 45.2 Å². The molecule has 1 heterocycles. The zero-order valence-corrected chi connectivity index (χ0v) is 9.93. The third kappa shape index (κ3) is 7.99. The van der Waals surface area contributed by atoms with E-state index < -0.39 is 0 Å². The Bertz CT molecular complexity index is 177. The fourth-order valence-corrected chi connectivity index (χ4v) is 1.71. The molecule has 2 heteroatoms. The van der Waals surface area contributed by atoms with E-state index in [4.69, 9.17) is 0 Å². The van der Waals surface area contributed by atoms with Gasteiger partial charge in [-0.2, -0.15) is 11.3 Å². The summed E-state index contributed by atoms with van der Waals surface area (Å²) in [5.74, 6) is 0.646. The van der Waals surface area contributed by atoms with Crippen molar-refractivity contribution in [2.75, 3.05) is 0 Å². The van der Waals surface area contributed by atoms with E-state index >= 15 is 0 Å². The molecule has 0 saturated carbocycles. The zero-order valence-electron chi connectivity index (χ0n) is 9.11. The van der Waals surface area contributed by atoms with Gasteiger partial charge < -0.3 is 4.79 Å². The second-order valence-corrected chi connectivity index (χ2v) is 4.07. The quantitative estimate of drug-likeness (QED) is 0.670. The summed E-state index contributed by atoms with van der Waals surface area (Å²) >= 11 is 1.71. The van der Waals surface area contributed by atoms with Gasteiger partial charge >= 0.3 is 0 Å². The Morgan fingerprint density at radius 1 is 1.29 bits per heavy atom. The number of rotatable bonds is 5. The van der Waals surface area contributed by atoms with Crippen molar-refractivity contribution in [1.82, 2.24) is 0 Å². The molecule has 0 amide bonds. The molecule has 0 aliphatic heterocycles. The zero-order chi connectivity index (χ0) is 10.6. The van der Waals surface area contributed by atoms with Crippen LogP contribution in [0.25, 0.3) is 0 Å². The highest BCUT2D eigenvalue weighted by Crippen LogP contribution is 2.12. The van der Waals surface area contributed by atoms with Gasteiger partial charge in [0.1, 0.15) is 6.29 Å². The summed E-state index contributed by atoms with van der Waals surface area (Å²) in [7, 11) is 0. The van der Waals surface area contributed by atoms with Gasteiger partial charge in [0, 0.05) is 6.42 Å². The van der Waals surface area contributed by atoms with Crippen LogP contribution in [-0.4, -0.2) is 6.29 Å². The average Bonchev–Trinajstić information content (AvgIpc) is 2.75. The Balaban J connectivity index is 0.000000280. The molecule has 1 unspecified atom stereocenters. The van der Waals surface area contributed by atoms with Crippen LogP contribution in [0.5, 0.6) is 0 Å². The number of hydrogen-bond donors (Lipinski definition) is 0. The van der Waals surface area contributed by atoms with E-state index in [1.807, 2.05) is 22.9 Å². The first kappa shape index (κ1) is 13.4. The highest BCUT2D eigenvalue weighted by molar-refractivity contribution is 7.07. The molecule has 0 saturated heterocycles. The van der Waals surface area contributed by atoms with E-state index in [1.165, 1.54) is 12.8 Å². The minimum absolute atomic E-state index is 0.646. The third-order valence-corrected chi connectivity index (χ3v) is 2.76. The van der Waals surface area contributed by atoms with Gasteiger partial charge in [-0.05, 0) is 16.7 Å². The molecule has 1 rings (SSSR count). The van der Waals surface area contributed by atoms with Crippen molar-refractivity contribution in [1.29, 1.82) is 0 Å². The monoisotopic (exact) mass is 212 g/mol. The van der Waals surface area contributed by atoms with Crippen LogP contribution in [0, 0.1) is 5.92 Å². The Morgan fingerprint density at radius 2 is 1.93 bits per heavy atom. The fraction of sp³-hybridized carbons (Fsp3) is 0.583. The Labute approximate surface area is 91.2 Å². The van der Waals surface area contributed by atoms with Gasteiger partial charge in [0.05, 0.1) is 0 Å². The van der Waals surface area contributed by atoms with Crippen LogP contribution in [0.3, 0.4) is 0 Å². The largest absolute Gasteiger partial charge is 0.303 e. The highest BCUT2D eigenvalue weighted by atomic mass is 32.1. The van der Waals surface area contributed by atoms with Gasteiger partial charge in [0.15, 0.2) is 0 Å². The Kier molecular flexibility index (Phi) is 9.98. The van der Waals surface area contributed by atoms with E-state index in [0.29, 0.717) is 5.92 Å². The van der Waals surface area contributed by atoms with Crippen LogP contribution in [0.15, 0.2) is 22.9 Å². The maximum Gasteiger partial charge on any atom is 0.120 e. The first-order valence-corrected chi connectivity index (χ1v) is 6.20. The van der Waals surface area contributed by atoms with Gasteiger partial charge in [0.2, 0.25) is 0 Å². The SMILES string of the molecule is CCCC(CC)CC=O.c1ccsc1. The smallest absolute Gasteiger partial charge is 0.120 e. The normalized spacial score (nSPS) is 11.3. The van der Waals surface area contributed by atoms with Gasteiger partial charge in [0.25, 0.3) is 0 Å². The topological polar surface area (TPSA) is 17.1 Å². The van der Waals surface area contributed by atoms with E-state index in [-0.39, 0.29) is 0 Å². The standard InChI is InChI=1S/C8H16O.C4H4S/c1-3-5-8(4-2)6-7-9;1-2-4-5-3-1/h7-8H,3-6H2,1-2H3;1-4H. The van der Waals surface area contributed by atoms with Gasteiger partial charge in [-0.15, -0.1) is 0 Å². The summed E-state index contributed by atoms with van der Waals surface area (Å²) in [6, 6.07) is 4.04. The lowest BCUT2D eigenvalue weighted by atomic mass is 9.98. The molecule has 1 aromatic rings. The molecule has 0 radical (unpaired) electrons. The molecule has 0 aliphatic rings. The van der Waals surface area contributed by atoms with Crippen LogP contribution in [0.2, 0.25) is 0 Å². The lowest BCUT2D eigenvalue weighted by Crippen LogP contribution is -1.97. The first-order chi connectivity index (χ1) is 6.85. The van der Waals surface area contributed by atoms with Crippen LogP contribution < -0.4 is 0 Å². The summed E-state index contributed by atoms with van der Waals surface area (Å²) in [4.78, 5) is 10.0. The van der Waals surface area contributed by atoms with Crippen molar-refractivity contribution >= 4 is 17.6 Å². The van der Waals surface area contributed by atoms with Crippen LogP contribution in [0.4, 0.5) is 0 Å². The van der Waals surface area contributed by atoms with Crippen LogP contribution in [-0.2, 0) is 4.79 Å². The number of hydrogen-bond acceptors (Lipinski definition) is 2. The predicted octanol–water partition coefficient (Wildman–Crippen LogP) is 4.15. The lowest BCUT2D eigenvalue weighted by Gasteiger charge is -2.07. The van der Waals surface area contributed by atoms with Gasteiger partial charge in [-0.3, -0.25) is 0 Å². The van der Waals surface area contributed by atoms with Crippen molar-refractivity contribution in [2.24, 2.45) is 5.92 Å². The molecule has 80 valence electrons. The second-order valence-electron chi connectivity index (χ2n) is 3.26. The van der Waals surface area contributed by atoms with E-state index in [0.717, 1.165) is 19.1 Å². The molecule has 0 fully saturated rings. The Hall–Kier alpha value is -0.630. The van der Waals surface area contributed by atoms with Crippen molar-refractivity contribution in [2.45, 2.75) is 39.5 Å². The van der Waals surface area contributed by atoms with E-state index in [2.05, 4.69) is 13.8 Å². The predicted molar refractivity (Wildman–Crippen MR) is 63.7 cm³/mol. The second kappa shape index (κ2) is 10.5. The van der Waals surface area contributed by atoms with Gasteiger partial charge in [-0.25, -0.2) is 0 Å². The first-order valence-electron chi connectivity index (χ1n) is 5.25. The van der Waals surface area contributed by atoms with Crippen LogP contribution >= 0.6 is 11.3 Å². The summed E-state index contributed by atoms with van der Waals surface area (Å²) in [6.07, 6.45) is 5.34. The number of thiophene rings is 1. The van der Waals surface area contributed by atoms with Crippen LogP contribution in [0.1, 0.15) is 39.5 Å². The summed E-state index contributed by atoms with van der Waals surface area (Å²) in [5.41, 5.74) is 0. The fourth-order valence-electron chi connectivity index (χ4n) is 1.26. The number of carbonyl (C=O) groups is 1. The Morgan fingerprint density at radius 3 is 2.21 bits per heavy atom. The summed E-state index contributed by atoms with van der Waals surface area (Å²) in [5, 5.41) is 4.08. The van der Waals surface area contributed by atoms with E-state index in [9.17, 15) is 4.79 Å². The highest BCUT2D eigenvalue weighted by Gasteiger charge is 2.01. The maximum atomic E-state index is 10.0. The van der Waals surface area contributed by atoms with Crippen molar-refractivity contribution < 1.29 is 4.79 Å². The van der Waals surface area contributed by atoms with Crippen molar-refractivity contribution in [3.8, 4) is 0 Å². The van der Waals surface area contributed by atoms with E-state index in [1.54, 1.807) is 11.3 Å². The molecule has 1 atom stereocenters. The summed E-state index contributed by atoms with van der Waals surface area (Å²) < 4.78 is 0. The molecular weight excluding hydrogens is 192 g/mol. The lowest BCUT2D eigenvalue weighted by molar-refractivity contribution is -0.108. The molecular formula is C12H20OS. The molecule has 0 N–H and O–H groups in total. The number of aldehydes is 1. The maximum absolute atomic E-state index is 10.0. The number of carbonyl (C=O) groups excluding carboxylic acids is 1. The third-order valence-electron chi connectivity index (χ3n) is 2.13.